The first-order valence-corrected chi connectivity index (χ1v) is 6.22. The van der Waals surface area contributed by atoms with Gasteiger partial charge in [-0.05, 0) is 30.6 Å². The number of nitrogens with two attached hydrogens (primary N) is 1. The summed E-state index contributed by atoms with van der Waals surface area (Å²) in [6, 6.07) is 0.198. The summed E-state index contributed by atoms with van der Waals surface area (Å²) < 4.78 is 0. The molecule has 3 nitrogen and oxygen atoms in total. The van der Waals surface area contributed by atoms with Crippen molar-refractivity contribution in [3.63, 3.8) is 0 Å². The molecule has 17 heavy (non-hydrogen) atoms. The molecule has 0 aromatic carbocycles. The first kappa shape index (κ1) is 12.3. The van der Waals surface area contributed by atoms with Crippen LogP contribution in [-0.2, 0) is 4.79 Å². The maximum Gasteiger partial charge on any atom is 0.226 e. The Labute approximate surface area is 103 Å². The maximum absolute atomic E-state index is 12.2. The highest BCUT2D eigenvalue weighted by atomic mass is 16.1. The molecule has 3 heteroatoms. The fourth-order valence-corrected chi connectivity index (χ4v) is 3.81. The Bertz CT molecular complexity index is 430. The van der Waals surface area contributed by atoms with Crippen LogP contribution in [0.1, 0.15) is 40.0 Å². The summed E-state index contributed by atoms with van der Waals surface area (Å²) >= 11 is 0. The number of hydrogen-bond acceptors (Lipinski definition) is 2. The number of Topliss-reactive ketones (excluding diaryl/α,β-unsaturated/α-hetero) is 1. The van der Waals surface area contributed by atoms with Gasteiger partial charge in [0.1, 0.15) is 0 Å². The van der Waals surface area contributed by atoms with Crippen molar-refractivity contribution in [2.24, 2.45) is 22.5 Å². The quantitative estimate of drug-likeness (QED) is 0.652. The average molecular weight is 232 g/mol. The maximum atomic E-state index is 12.2. The van der Waals surface area contributed by atoms with Gasteiger partial charge >= 0.3 is 0 Å². The van der Waals surface area contributed by atoms with Gasteiger partial charge in [-0.25, -0.2) is 4.85 Å². The van der Waals surface area contributed by atoms with Crippen LogP contribution < -0.4 is 5.73 Å². The molecule has 0 unspecified atom stereocenters. The van der Waals surface area contributed by atoms with Crippen LogP contribution in [0.2, 0.25) is 0 Å². The zero-order chi connectivity index (χ0) is 12.8. The van der Waals surface area contributed by atoms with E-state index < -0.39 is 5.41 Å². The van der Waals surface area contributed by atoms with Gasteiger partial charge in [-0.1, -0.05) is 26.8 Å². The third-order valence-electron chi connectivity index (χ3n) is 4.60. The molecule has 0 bridgehead atoms. The smallest absolute Gasteiger partial charge is 0.226 e. The molecular formula is C14H20N2O. The molecule has 0 saturated heterocycles. The largest absolute Gasteiger partial charge is 0.328 e. The molecule has 0 amide bonds. The Balaban J connectivity index is 2.51. The summed E-state index contributed by atoms with van der Waals surface area (Å²) in [7, 11) is 0. The minimum Gasteiger partial charge on any atom is -0.328 e. The van der Waals surface area contributed by atoms with Crippen LogP contribution in [0.15, 0.2) is 11.8 Å². The summed E-state index contributed by atoms with van der Waals surface area (Å²) in [4.78, 5) is 15.6. The minimum absolute atomic E-state index is 0.00504. The van der Waals surface area contributed by atoms with E-state index in [9.17, 15) is 4.79 Å². The molecule has 0 aromatic heterocycles. The van der Waals surface area contributed by atoms with E-state index >= 15 is 0 Å². The van der Waals surface area contributed by atoms with Crippen molar-refractivity contribution < 1.29 is 4.79 Å². The van der Waals surface area contributed by atoms with Gasteiger partial charge in [0.15, 0.2) is 5.78 Å². The van der Waals surface area contributed by atoms with Crippen molar-refractivity contribution in [2.75, 3.05) is 0 Å². The van der Waals surface area contributed by atoms with E-state index in [0.29, 0.717) is 11.6 Å². The third-order valence-corrected chi connectivity index (χ3v) is 4.60. The molecule has 0 heterocycles. The molecule has 2 aliphatic rings. The highest BCUT2D eigenvalue weighted by Crippen LogP contribution is 2.54. The Morgan fingerprint density at radius 2 is 2.06 bits per heavy atom. The number of nitrogens with zero attached hydrogens (tertiary/aromatic N) is 1. The first-order chi connectivity index (χ1) is 7.81. The Hall–Kier alpha value is -1.14. The van der Waals surface area contributed by atoms with Gasteiger partial charge in [-0.15, -0.1) is 0 Å². The highest BCUT2D eigenvalue weighted by molar-refractivity contribution is 6.02. The molecule has 92 valence electrons. The van der Waals surface area contributed by atoms with Gasteiger partial charge in [-0.2, -0.15) is 0 Å². The second-order valence-corrected chi connectivity index (χ2v) is 6.29. The summed E-state index contributed by atoms with van der Waals surface area (Å²) in [5.41, 5.74) is 5.84. The van der Waals surface area contributed by atoms with Crippen LogP contribution >= 0.6 is 0 Å². The van der Waals surface area contributed by atoms with E-state index in [1.54, 1.807) is 0 Å². The molecule has 0 radical (unpaired) electrons. The van der Waals surface area contributed by atoms with Crippen LogP contribution in [0.3, 0.4) is 0 Å². The van der Waals surface area contributed by atoms with E-state index in [1.807, 2.05) is 19.9 Å². The Morgan fingerprint density at radius 3 is 2.65 bits per heavy atom. The topological polar surface area (TPSA) is 47.5 Å². The molecule has 2 rings (SSSR count). The molecule has 0 aromatic rings. The van der Waals surface area contributed by atoms with Gasteiger partial charge in [-0.3, -0.25) is 0 Å². The van der Waals surface area contributed by atoms with Gasteiger partial charge in [0, 0.05) is 11.5 Å². The molecule has 2 aliphatic carbocycles. The van der Waals surface area contributed by atoms with Gasteiger partial charge in [0.2, 0.25) is 5.70 Å². The van der Waals surface area contributed by atoms with E-state index in [2.05, 4.69) is 11.8 Å². The molecular weight excluding hydrogens is 212 g/mol. The number of ketones is 1. The van der Waals surface area contributed by atoms with Crippen molar-refractivity contribution in [3.05, 3.63) is 23.2 Å². The number of carbonyl (C=O) groups excluding carboxylic acids is 1. The molecule has 1 fully saturated rings. The normalized spacial score (nSPS) is 40.2. The predicted molar refractivity (Wildman–Crippen MR) is 66.9 cm³/mol. The summed E-state index contributed by atoms with van der Waals surface area (Å²) in [6.45, 7) is 13.3. The van der Waals surface area contributed by atoms with E-state index in [-0.39, 0.29) is 17.2 Å². The van der Waals surface area contributed by atoms with Crippen LogP contribution in [-0.4, -0.2) is 11.8 Å². The number of rotatable bonds is 0. The Morgan fingerprint density at radius 1 is 1.41 bits per heavy atom. The molecule has 1 saturated carbocycles. The second kappa shape index (κ2) is 3.68. The van der Waals surface area contributed by atoms with Crippen molar-refractivity contribution in [1.82, 2.24) is 0 Å². The summed E-state index contributed by atoms with van der Waals surface area (Å²) in [5, 5.41) is 0. The minimum atomic E-state index is -0.427. The van der Waals surface area contributed by atoms with Gasteiger partial charge in [0.05, 0.1) is 6.57 Å². The van der Waals surface area contributed by atoms with Crippen molar-refractivity contribution in [1.29, 1.82) is 0 Å². The molecule has 0 aliphatic heterocycles. The van der Waals surface area contributed by atoms with E-state index in [1.165, 1.54) is 0 Å². The van der Waals surface area contributed by atoms with Gasteiger partial charge < -0.3 is 10.5 Å². The lowest BCUT2D eigenvalue weighted by molar-refractivity contribution is -0.131. The standard InChI is InChI=1S/C14H20N2O/c1-13(2)11-6-5-9(15)7-14(11,3)8-10(16-4)12(13)17/h8-9,11H,5-7,15H2,1-3H3/t9-,11-,14-/m0/s1. The zero-order valence-electron chi connectivity index (χ0n) is 10.8. The number of hydrogen-bond donors (Lipinski definition) is 1. The molecule has 2 N–H and O–H groups in total. The fourth-order valence-electron chi connectivity index (χ4n) is 3.81. The monoisotopic (exact) mass is 232 g/mol. The van der Waals surface area contributed by atoms with Crippen molar-refractivity contribution in [2.45, 2.75) is 46.1 Å². The van der Waals surface area contributed by atoms with E-state index in [4.69, 9.17) is 12.3 Å². The molecule has 0 spiro atoms. The van der Waals surface area contributed by atoms with Crippen LogP contribution in [0.25, 0.3) is 4.85 Å². The van der Waals surface area contributed by atoms with Crippen LogP contribution in [0.4, 0.5) is 0 Å². The van der Waals surface area contributed by atoms with Crippen LogP contribution in [0.5, 0.6) is 0 Å². The lowest BCUT2D eigenvalue weighted by atomic mass is 9.52. The lowest BCUT2D eigenvalue weighted by Gasteiger charge is -2.52. The number of fused-ring (bicyclic) bond motifs is 1. The molecule has 3 atom stereocenters. The second-order valence-electron chi connectivity index (χ2n) is 6.29. The third kappa shape index (κ3) is 1.71. The zero-order valence-corrected chi connectivity index (χ0v) is 10.8. The lowest BCUT2D eigenvalue weighted by Crippen LogP contribution is -2.51. The fraction of sp³-hybridized carbons (Fsp3) is 0.714. The average Bonchev–Trinajstić information content (AvgIpc) is 2.23. The number of allylic oxidation sites excluding steroid dienone is 2. The van der Waals surface area contributed by atoms with Crippen molar-refractivity contribution >= 4 is 5.78 Å². The number of carbonyl (C=O) groups is 1. The summed E-state index contributed by atoms with van der Waals surface area (Å²) in [6.07, 6.45) is 4.74. The van der Waals surface area contributed by atoms with Crippen LogP contribution in [0, 0.1) is 23.3 Å². The SMILES string of the molecule is [C-]#[N+]C1=C[C@]2(C)C[C@@H](N)CC[C@H]2C(C)(C)C1=O. The highest BCUT2D eigenvalue weighted by Gasteiger charge is 2.52. The van der Waals surface area contributed by atoms with Crippen molar-refractivity contribution in [3.8, 4) is 0 Å². The van der Waals surface area contributed by atoms with Gasteiger partial charge in [0.25, 0.3) is 0 Å². The Kier molecular flexibility index (Phi) is 2.67. The van der Waals surface area contributed by atoms with E-state index in [0.717, 1.165) is 19.3 Å². The summed E-state index contributed by atoms with van der Waals surface area (Å²) in [5.74, 6) is 0.318. The first-order valence-electron chi connectivity index (χ1n) is 6.22. The predicted octanol–water partition coefficient (Wildman–Crippen LogP) is 2.53.